The predicted octanol–water partition coefficient (Wildman–Crippen LogP) is 12.7. The van der Waals surface area contributed by atoms with Gasteiger partial charge in [0.15, 0.2) is 17.5 Å². The summed E-state index contributed by atoms with van der Waals surface area (Å²) in [4.78, 5) is 15.1. The first-order valence-corrected chi connectivity index (χ1v) is 17.7. The van der Waals surface area contributed by atoms with Gasteiger partial charge in [-0.25, -0.2) is 15.0 Å². The number of nitrogens with zero attached hydrogens (tertiary/aromatic N) is 3. The molecule has 0 aliphatic rings. The Morgan fingerprint density at radius 3 is 1.80 bits per heavy atom. The van der Waals surface area contributed by atoms with Gasteiger partial charge in [-0.15, -0.1) is 11.3 Å². The Morgan fingerprint density at radius 2 is 0.980 bits per heavy atom. The molecular formula is C45H25N3O2S. The number of rotatable bonds is 4. The SMILES string of the molecule is c1ccc(-c2nc(-c3ccc4c(c3)sc3cccc(-c5cccc6c5oc5ccccc56)c34)nc(-c3ccc4oc5ccccc5c4c3)n2)cc1. The predicted molar refractivity (Wildman–Crippen MR) is 209 cm³/mol. The van der Waals surface area contributed by atoms with Crippen LogP contribution in [0, 0.1) is 0 Å². The average Bonchev–Trinajstić information content (AvgIpc) is 3.88. The average molecular weight is 672 g/mol. The van der Waals surface area contributed by atoms with Crippen molar-refractivity contribution in [2.45, 2.75) is 0 Å². The van der Waals surface area contributed by atoms with E-state index in [1.165, 1.54) is 20.2 Å². The first-order chi connectivity index (χ1) is 25.2. The lowest BCUT2D eigenvalue weighted by Crippen LogP contribution is -2.00. The maximum absolute atomic E-state index is 6.46. The van der Waals surface area contributed by atoms with E-state index in [2.05, 4.69) is 78.9 Å². The molecule has 6 heteroatoms. The van der Waals surface area contributed by atoms with Crippen LogP contribution in [-0.2, 0) is 0 Å². The number of benzene rings is 7. The van der Waals surface area contributed by atoms with Crippen molar-refractivity contribution in [1.82, 2.24) is 15.0 Å². The zero-order chi connectivity index (χ0) is 33.5. The van der Waals surface area contributed by atoms with Gasteiger partial charge in [-0.1, -0.05) is 109 Å². The first kappa shape index (κ1) is 28.2. The van der Waals surface area contributed by atoms with Gasteiger partial charge in [0, 0.05) is 64.0 Å². The summed E-state index contributed by atoms with van der Waals surface area (Å²) in [6, 6.07) is 52.1. The van der Waals surface area contributed by atoms with Crippen molar-refractivity contribution < 1.29 is 8.83 Å². The van der Waals surface area contributed by atoms with Crippen LogP contribution in [-0.4, -0.2) is 15.0 Å². The van der Waals surface area contributed by atoms with Crippen LogP contribution in [0.1, 0.15) is 0 Å². The Hall–Kier alpha value is -6.63. The molecule has 4 aromatic heterocycles. The molecule has 0 atom stereocenters. The fraction of sp³-hybridized carbons (Fsp3) is 0. The molecule has 0 amide bonds. The summed E-state index contributed by atoms with van der Waals surface area (Å²) in [5.74, 6) is 1.87. The van der Waals surface area contributed by atoms with Gasteiger partial charge < -0.3 is 8.83 Å². The van der Waals surface area contributed by atoms with Crippen LogP contribution < -0.4 is 0 Å². The third kappa shape index (κ3) is 4.43. The summed E-state index contributed by atoms with van der Waals surface area (Å²) < 4.78 is 15.0. The molecule has 11 aromatic rings. The maximum atomic E-state index is 6.46. The van der Waals surface area contributed by atoms with Crippen molar-refractivity contribution in [2.24, 2.45) is 0 Å². The van der Waals surface area contributed by atoms with E-state index in [1.807, 2.05) is 72.8 Å². The highest BCUT2D eigenvalue weighted by atomic mass is 32.1. The molecule has 0 aliphatic heterocycles. The molecule has 0 spiro atoms. The second-order valence-corrected chi connectivity index (χ2v) is 13.8. The van der Waals surface area contributed by atoms with E-state index in [-0.39, 0.29) is 0 Å². The number of thiophene rings is 1. The fourth-order valence-electron chi connectivity index (χ4n) is 7.36. The number of furan rings is 2. The van der Waals surface area contributed by atoms with Crippen LogP contribution in [0.25, 0.3) is 109 Å². The van der Waals surface area contributed by atoms with Crippen LogP contribution >= 0.6 is 11.3 Å². The third-order valence-electron chi connectivity index (χ3n) is 9.75. The Balaban J connectivity index is 1.08. The summed E-state index contributed by atoms with van der Waals surface area (Å²) in [6.45, 7) is 0. The highest BCUT2D eigenvalue weighted by Gasteiger charge is 2.19. The second-order valence-electron chi connectivity index (χ2n) is 12.8. The van der Waals surface area contributed by atoms with Crippen LogP contribution in [0.5, 0.6) is 0 Å². The second kappa shape index (κ2) is 10.9. The minimum Gasteiger partial charge on any atom is -0.456 e. The summed E-state index contributed by atoms with van der Waals surface area (Å²) in [5.41, 5.74) is 8.54. The Bertz CT molecular complexity index is 3160. The summed E-state index contributed by atoms with van der Waals surface area (Å²) in [7, 11) is 0. The van der Waals surface area contributed by atoms with Gasteiger partial charge in [-0.05, 0) is 48.0 Å². The number of para-hydroxylation sites is 3. The van der Waals surface area contributed by atoms with E-state index in [4.69, 9.17) is 23.8 Å². The molecule has 0 fully saturated rings. The van der Waals surface area contributed by atoms with Crippen molar-refractivity contribution in [1.29, 1.82) is 0 Å². The van der Waals surface area contributed by atoms with Crippen molar-refractivity contribution in [3.8, 4) is 45.3 Å². The van der Waals surface area contributed by atoms with E-state index in [1.54, 1.807) is 11.3 Å². The van der Waals surface area contributed by atoms with E-state index in [0.29, 0.717) is 17.5 Å². The van der Waals surface area contributed by atoms with Crippen LogP contribution in [0.3, 0.4) is 0 Å². The molecule has 0 saturated carbocycles. The molecule has 7 aromatic carbocycles. The molecular weight excluding hydrogens is 647 g/mol. The molecule has 5 nitrogen and oxygen atoms in total. The molecule has 0 aliphatic carbocycles. The van der Waals surface area contributed by atoms with E-state index < -0.39 is 0 Å². The molecule has 0 radical (unpaired) electrons. The molecule has 0 saturated heterocycles. The smallest absolute Gasteiger partial charge is 0.164 e. The lowest BCUT2D eigenvalue weighted by atomic mass is 9.97. The normalized spacial score (nSPS) is 11.9. The molecule has 4 heterocycles. The largest absolute Gasteiger partial charge is 0.456 e. The van der Waals surface area contributed by atoms with E-state index in [9.17, 15) is 0 Å². The van der Waals surface area contributed by atoms with Crippen molar-refractivity contribution in [3.05, 3.63) is 152 Å². The number of fused-ring (bicyclic) bond motifs is 9. The summed E-state index contributed by atoms with van der Waals surface area (Å²) in [5, 5.41) is 6.77. The van der Waals surface area contributed by atoms with Crippen LogP contribution in [0.2, 0.25) is 0 Å². The van der Waals surface area contributed by atoms with Crippen molar-refractivity contribution in [3.63, 3.8) is 0 Å². The molecule has 0 N–H and O–H groups in total. The molecule has 0 unspecified atom stereocenters. The fourth-order valence-corrected chi connectivity index (χ4v) is 8.54. The molecule has 238 valence electrons. The lowest BCUT2D eigenvalue weighted by molar-refractivity contribution is 0.669. The standard InChI is InChI=1S/C45H25N3O2S/c1-2-10-26(11-3-1)43-46-44(27-21-23-38-35(24-27)30-13-5-6-17-36(30)49-38)48-45(47-43)28-20-22-34-40(25-28)51-39-19-9-14-31(41(34)39)33-16-8-15-32-29-12-4-7-18-37(29)50-42(32)33/h1-25H. The maximum Gasteiger partial charge on any atom is 0.164 e. The van der Waals surface area contributed by atoms with Gasteiger partial charge in [-0.3, -0.25) is 0 Å². The highest BCUT2D eigenvalue weighted by Crippen LogP contribution is 2.44. The van der Waals surface area contributed by atoms with Gasteiger partial charge in [-0.2, -0.15) is 0 Å². The monoisotopic (exact) mass is 671 g/mol. The summed E-state index contributed by atoms with van der Waals surface area (Å²) >= 11 is 1.78. The van der Waals surface area contributed by atoms with Gasteiger partial charge in [0.1, 0.15) is 22.3 Å². The topological polar surface area (TPSA) is 65.0 Å². The third-order valence-corrected chi connectivity index (χ3v) is 10.9. The Kier molecular flexibility index (Phi) is 6.05. The highest BCUT2D eigenvalue weighted by molar-refractivity contribution is 7.26. The minimum absolute atomic E-state index is 0.615. The molecule has 0 bridgehead atoms. The quantitative estimate of drug-likeness (QED) is 0.186. The summed E-state index contributed by atoms with van der Waals surface area (Å²) in [6.07, 6.45) is 0. The van der Waals surface area contributed by atoms with Crippen molar-refractivity contribution >= 4 is 75.4 Å². The molecule has 51 heavy (non-hydrogen) atoms. The van der Waals surface area contributed by atoms with Gasteiger partial charge in [0.2, 0.25) is 0 Å². The lowest BCUT2D eigenvalue weighted by Gasteiger charge is -2.09. The van der Waals surface area contributed by atoms with E-state index in [0.717, 1.165) is 71.7 Å². The van der Waals surface area contributed by atoms with Crippen molar-refractivity contribution in [2.75, 3.05) is 0 Å². The number of hydrogen-bond donors (Lipinski definition) is 0. The molecule has 11 rings (SSSR count). The number of aromatic nitrogens is 3. The zero-order valence-corrected chi connectivity index (χ0v) is 27.8. The Labute approximate surface area is 295 Å². The minimum atomic E-state index is 0.615. The van der Waals surface area contributed by atoms with Crippen LogP contribution in [0.4, 0.5) is 0 Å². The van der Waals surface area contributed by atoms with Gasteiger partial charge in [0.25, 0.3) is 0 Å². The first-order valence-electron chi connectivity index (χ1n) is 16.8. The van der Waals surface area contributed by atoms with Gasteiger partial charge >= 0.3 is 0 Å². The van der Waals surface area contributed by atoms with Gasteiger partial charge in [0.05, 0.1) is 0 Å². The number of hydrogen-bond acceptors (Lipinski definition) is 6. The Morgan fingerprint density at radius 1 is 0.373 bits per heavy atom. The zero-order valence-electron chi connectivity index (χ0n) is 27.0. The van der Waals surface area contributed by atoms with Crippen LogP contribution in [0.15, 0.2) is 160 Å². The van der Waals surface area contributed by atoms with E-state index >= 15 is 0 Å².